The zero-order valence-electron chi connectivity index (χ0n) is 17.3. The summed E-state index contributed by atoms with van der Waals surface area (Å²) in [7, 11) is 1.78. The van der Waals surface area contributed by atoms with Crippen LogP contribution in [0.5, 0.6) is 5.88 Å². The highest BCUT2D eigenvalue weighted by molar-refractivity contribution is 14.0. The Morgan fingerprint density at radius 1 is 1.21 bits per heavy atom. The molecule has 0 aliphatic heterocycles. The third-order valence-electron chi connectivity index (χ3n) is 4.62. The van der Waals surface area contributed by atoms with E-state index < -0.39 is 0 Å². The van der Waals surface area contributed by atoms with E-state index in [0.29, 0.717) is 19.0 Å². The second kappa shape index (κ2) is 11.6. The number of fused-ring (bicyclic) bond motifs is 1. The summed E-state index contributed by atoms with van der Waals surface area (Å²) in [6, 6.07) is 10.3. The Hall–Kier alpha value is -2.29. The number of nitrogens with zero attached hydrogens (tertiary/aromatic N) is 2. The SMILES string of the molecule is CCCOc1ccc(CNC(=NC)NCCc2c[nH]c3cccc(C)c23)cn1.I. The van der Waals surface area contributed by atoms with E-state index in [1.54, 1.807) is 7.05 Å². The van der Waals surface area contributed by atoms with E-state index in [-0.39, 0.29) is 24.0 Å². The molecular weight excluding hydrogens is 477 g/mol. The number of H-pyrrole nitrogens is 1. The van der Waals surface area contributed by atoms with Crippen LogP contribution in [0.25, 0.3) is 10.9 Å². The van der Waals surface area contributed by atoms with Gasteiger partial charge in [0.2, 0.25) is 5.88 Å². The number of benzene rings is 1. The predicted molar refractivity (Wildman–Crippen MR) is 130 cm³/mol. The van der Waals surface area contributed by atoms with Crippen molar-refractivity contribution in [1.82, 2.24) is 20.6 Å². The molecule has 156 valence electrons. The van der Waals surface area contributed by atoms with Crippen LogP contribution in [-0.4, -0.2) is 36.1 Å². The molecule has 0 radical (unpaired) electrons. The minimum absolute atomic E-state index is 0. The monoisotopic (exact) mass is 507 g/mol. The van der Waals surface area contributed by atoms with Gasteiger partial charge < -0.3 is 20.4 Å². The average molecular weight is 507 g/mol. The van der Waals surface area contributed by atoms with Crippen LogP contribution >= 0.6 is 24.0 Å². The molecule has 0 amide bonds. The number of aryl methyl sites for hydroxylation is 1. The summed E-state index contributed by atoms with van der Waals surface area (Å²) < 4.78 is 5.51. The number of nitrogens with one attached hydrogen (secondary N) is 3. The Balaban J connectivity index is 0.00000300. The molecule has 0 unspecified atom stereocenters. The smallest absolute Gasteiger partial charge is 0.213 e. The van der Waals surface area contributed by atoms with Crippen LogP contribution in [0.1, 0.15) is 30.0 Å². The number of rotatable bonds is 8. The molecule has 3 rings (SSSR count). The van der Waals surface area contributed by atoms with E-state index in [4.69, 9.17) is 4.74 Å². The highest BCUT2D eigenvalue weighted by Gasteiger charge is 2.06. The van der Waals surface area contributed by atoms with Crippen LogP contribution in [0, 0.1) is 6.92 Å². The third kappa shape index (κ3) is 6.35. The van der Waals surface area contributed by atoms with Gasteiger partial charge in [0.1, 0.15) is 0 Å². The number of hydrogen-bond donors (Lipinski definition) is 3. The normalized spacial score (nSPS) is 11.2. The fourth-order valence-corrected chi connectivity index (χ4v) is 3.18. The van der Waals surface area contributed by atoms with Gasteiger partial charge in [0.25, 0.3) is 0 Å². The van der Waals surface area contributed by atoms with E-state index >= 15 is 0 Å². The third-order valence-corrected chi connectivity index (χ3v) is 4.62. The molecule has 0 saturated heterocycles. The van der Waals surface area contributed by atoms with Gasteiger partial charge in [-0.15, -0.1) is 24.0 Å². The Bertz CT molecular complexity index is 921. The fourth-order valence-electron chi connectivity index (χ4n) is 3.18. The Morgan fingerprint density at radius 2 is 2.07 bits per heavy atom. The number of aliphatic imine (C=N–C) groups is 1. The van der Waals surface area contributed by atoms with Crippen LogP contribution in [0.4, 0.5) is 0 Å². The van der Waals surface area contributed by atoms with Crippen molar-refractivity contribution in [2.24, 2.45) is 4.99 Å². The highest BCUT2D eigenvalue weighted by Crippen LogP contribution is 2.22. The molecule has 0 aliphatic carbocycles. The number of pyridine rings is 1. The van der Waals surface area contributed by atoms with Gasteiger partial charge >= 0.3 is 0 Å². The van der Waals surface area contributed by atoms with Crippen molar-refractivity contribution < 1.29 is 4.74 Å². The molecule has 0 aliphatic rings. The maximum absolute atomic E-state index is 5.51. The lowest BCUT2D eigenvalue weighted by Crippen LogP contribution is -2.37. The first-order valence-electron chi connectivity index (χ1n) is 9.79. The molecule has 0 spiro atoms. The Morgan fingerprint density at radius 3 is 2.79 bits per heavy atom. The minimum atomic E-state index is 0. The van der Waals surface area contributed by atoms with Gasteiger partial charge in [0, 0.05) is 49.5 Å². The average Bonchev–Trinajstić information content (AvgIpc) is 3.14. The van der Waals surface area contributed by atoms with Gasteiger partial charge in [0.15, 0.2) is 5.96 Å². The number of guanidine groups is 1. The maximum Gasteiger partial charge on any atom is 0.213 e. The molecule has 6 nitrogen and oxygen atoms in total. The lowest BCUT2D eigenvalue weighted by atomic mass is 10.1. The minimum Gasteiger partial charge on any atom is -0.478 e. The first-order valence-corrected chi connectivity index (χ1v) is 9.79. The van der Waals surface area contributed by atoms with Gasteiger partial charge in [0.05, 0.1) is 6.61 Å². The van der Waals surface area contributed by atoms with Crippen molar-refractivity contribution in [3.8, 4) is 5.88 Å². The summed E-state index contributed by atoms with van der Waals surface area (Å²) in [4.78, 5) is 12.0. The molecule has 0 bridgehead atoms. The molecular formula is C22H30IN5O. The van der Waals surface area contributed by atoms with Crippen molar-refractivity contribution in [2.45, 2.75) is 33.2 Å². The molecule has 3 N–H and O–H groups in total. The van der Waals surface area contributed by atoms with Gasteiger partial charge in [-0.25, -0.2) is 4.98 Å². The number of halogens is 1. The summed E-state index contributed by atoms with van der Waals surface area (Å²) in [6.07, 6.45) is 5.84. The number of hydrogen-bond acceptors (Lipinski definition) is 3. The fraction of sp³-hybridized carbons (Fsp3) is 0.364. The van der Waals surface area contributed by atoms with Crippen molar-refractivity contribution in [3.63, 3.8) is 0 Å². The Labute approximate surface area is 189 Å². The van der Waals surface area contributed by atoms with Crippen molar-refractivity contribution in [3.05, 3.63) is 59.4 Å². The van der Waals surface area contributed by atoms with Gasteiger partial charge in [-0.05, 0) is 42.5 Å². The van der Waals surface area contributed by atoms with E-state index in [1.165, 1.54) is 22.0 Å². The topological polar surface area (TPSA) is 74.3 Å². The number of aromatic amines is 1. The van der Waals surface area contributed by atoms with Crippen LogP contribution in [0.15, 0.2) is 47.7 Å². The zero-order chi connectivity index (χ0) is 19.8. The van der Waals surface area contributed by atoms with E-state index in [1.807, 2.05) is 18.3 Å². The number of aromatic nitrogens is 2. The molecule has 3 aromatic rings. The lowest BCUT2D eigenvalue weighted by Gasteiger charge is -2.12. The Kier molecular flexibility index (Phi) is 9.24. The summed E-state index contributed by atoms with van der Waals surface area (Å²) in [5, 5.41) is 8.03. The first kappa shape index (κ1) is 23.0. The van der Waals surface area contributed by atoms with Crippen LogP contribution in [0.2, 0.25) is 0 Å². The van der Waals surface area contributed by atoms with E-state index in [9.17, 15) is 0 Å². The van der Waals surface area contributed by atoms with E-state index in [2.05, 4.69) is 63.8 Å². The van der Waals surface area contributed by atoms with Crippen molar-refractivity contribution in [2.75, 3.05) is 20.2 Å². The molecule has 0 fully saturated rings. The largest absolute Gasteiger partial charge is 0.478 e. The quantitative estimate of drug-likeness (QED) is 0.243. The second-order valence-corrected chi connectivity index (χ2v) is 6.77. The summed E-state index contributed by atoms with van der Waals surface area (Å²) >= 11 is 0. The molecule has 29 heavy (non-hydrogen) atoms. The van der Waals surface area contributed by atoms with Crippen molar-refractivity contribution in [1.29, 1.82) is 0 Å². The van der Waals surface area contributed by atoms with Crippen LogP contribution in [-0.2, 0) is 13.0 Å². The lowest BCUT2D eigenvalue weighted by molar-refractivity contribution is 0.305. The van der Waals surface area contributed by atoms with Gasteiger partial charge in [-0.2, -0.15) is 0 Å². The second-order valence-electron chi connectivity index (χ2n) is 6.77. The molecule has 2 heterocycles. The van der Waals surface area contributed by atoms with Gasteiger partial charge in [-0.1, -0.05) is 25.1 Å². The summed E-state index contributed by atoms with van der Waals surface area (Å²) in [5.74, 6) is 1.45. The standard InChI is InChI=1S/C22H29N5O.HI/c1-4-12-28-20-9-8-17(13-26-20)14-27-22(23-3)24-11-10-18-15-25-19-7-5-6-16(2)21(18)19;/h5-9,13,15,25H,4,10-12,14H2,1-3H3,(H2,23,24,27);1H. The van der Waals surface area contributed by atoms with Crippen LogP contribution < -0.4 is 15.4 Å². The first-order chi connectivity index (χ1) is 13.7. The van der Waals surface area contributed by atoms with Gasteiger partial charge in [-0.3, -0.25) is 4.99 Å². The molecule has 0 saturated carbocycles. The molecule has 7 heteroatoms. The summed E-state index contributed by atoms with van der Waals surface area (Å²) in [5.41, 5.74) is 4.90. The number of ether oxygens (including phenoxy) is 1. The predicted octanol–water partition coefficient (Wildman–Crippen LogP) is 4.19. The van der Waals surface area contributed by atoms with Crippen LogP contribution in [0.3, 0.4) is 0 Å². The van der Waals surface area contributed by atoms with Crippen molar-refractivity contribution >= 4 is 40.8 Å². The highest BCUT2D eigenvalue weighted by atomic mass is 127. The summed E-state index contributed by atoms with van der Waals surface area (Å²) in [6.45, 7) is 6.39. The zero-order valence-corrected chi connectivity index (χ0v) is 19.6. The molecule has 1 aromatic carbocycles. The maximum atomic E-state index is 5.51. The van der Waals surface area contributed by atoms with E-state index in [0.717, 1.165) is 30.9 Å². The molecule has 0 atom stereocenters. The molecule has 2 aromatic heterocycles.